The number of aryl methyl sites for hydroxylation is 1. The number of ether oxygens (including phenoxy) is 1. The first-order valence-corrected chi connectivity index (χ1v) is 5.70. The minimum atomic E-state index is -0.678. The minimum Gasteiger partial charge on any atom is -0.492 e. The third kappa shape index (κ3) is 2.93. The summed E-state index contributed by atoms with van der Waals surface area (Å²) < 4.78 is 6.34. The zero-order valence-corrected chi connectivity index (χ0v) is 10.5. The van der Waals surface area contributed by atoms with Crippen LogP contribution in [0.2, 0.25) is 0 Å². The third-order valence-electron chi connectivity index (χ3n) is 2.09. The molecule has 1 rings (SSSR count). The van der Waals surface area contributed by atoms with E-state index in [1.807, 2.05) is 26.0 Å². The van der Waals surface area contributed by atoms with E-state index in [4.69, 9.17) is 10.5 Å². The fraction of sp³-hybridized carbons (Fsp3) is 0.455. The third-order valence-corrected chi connectivity index (χ3v) is 2.68. The smallest absolute Gasteiger partial charge is 0.139 e. The monoisotopic (exact) mass is 273 g/mol. The van der Waals surface area contributed by atoms with Crippen LogP contribution in [0.3, 0.4) is 0 Å². The molecule has 1 atom stereocenters. The average Bonchev–Trinajstić information content (AvgIpc) is 2.20. The van der Waals surface area contributed by atoms with Crippen LogP contribution in [0.1, 0.15) is 24.2 Å². The van der Waals surface area contributed by atoms with Crippen molar-refractivity contribution in [3.05, 3.63) is 27.7 Å². The van der Waals surface area contributed by atoms with Crippen LogP contribution in [0.5, 0.6) is 5.75 Å². The molecule has 0 fully saturated rings. The summed E-state index contributed by atoms with van der Waals surface area (Å²) in [7, 11) is 0. The van der Waals surface area contributed by atoms with Gasteiger partial charge in [-0.2, -0.15) is 0 Å². The number of rotatable bonds is 4. The first-order valence-electron chi connectivity index (χ1n) is 4.91. The van der Waals surface area contributed by atoms with E-state index in [1.54, 1.807) is 0 Å². The summed E-state index contributed by atoms with van der Waals surface area (Å²) in [5, 5.41) is 9.76. The number of halogens is 1. The maximum atomic E-state index is 9.76. The second kappa shape index (κ2) is 5.49. The quantitative estimate of drug-likeness (QED) is 0.884. The lowest BCUT2D eigenvalue weighted by molar-refractivity contribution is 0.180. The normalized spacial score (nSPS) is 12.6. The van der Waals surface area contributed by atoms with Crippen LogP contribution in [0, 0.1) is 6.92 Å². The van der Waals surface area contributed by atoms with Gasteiger partial charge in [0.2, 0.25) is 0 Å². The van der Waals surface area contributed by atoms with Gasteiger partial charge in [-0.3, -0.25) is 0 Å². The summed E-state index contributed by atoms with van der Waals surface area (Å²) in [5.74, 6) is 0.682. The number of hydrogen-bond donors (Lipinski definition) is 2. The zero-order valence-electron chi connectivity index (χ0n) is 8.96. The highest BCUT2D eigenvalue weighted by Gasteiger charge is 2.15. The van der Waals surface area contributed by atoms with Crippen molar-refractivity contribution in [2.45, 2.75) is 20.0 Å². The Morgan fingerprint density at radius 3 is 2.73 bits per heavy atom. The highest BCUT2D eigenvalue weighted by atomic mass is 79.9. The first kappa shape index (κ1) is 12.5. The van der Waals surface area contributed by atoms with E-state index in [1.165, 1.54) is 0 Å². The van der Waals surface area contributed by atoms with Crippen LogP contribution in [0.25, 0.3) is 0 Å². The number of aliphatic hydroxyl groups is 1. The van der Waals surface area contributed by atoms with Crippen molar-refractivity contribution in [1.29, 1.82) is 0 Å². The molecule has 3 N–H and O–H groups in total. The summed E-state index contributed by atoms with van der Waals surface area (Å²) in [4.78, 5) is 0. The Morgan fingerprint density at radius 2 is 2.20 bits per heavy atom. The minimum absolute atomic E-state index is 0.190. The van der Waals surface area contributed by atoms with E-state index in [2.05, 4.69) is 15.9 Å². The molecule has 84 valence electrons. The van der Waals surface area contributed by atoms with Gasteiger partial charge in [-0.15, -0.1) is 0 Å². The van der Waals surface area contributed by atoms with Gasteiger partial charge < -0.3 is 15.6 Å². The van der Waals surface area contributed by atoms with E-state index in [9.17, 15) is 5.11 Å². The lowest BCUT2D eigenvalue weighted by Crippen LogP contribution is -2.13. The molecule has 4 heteroatoms. The van der Waals surface area contributed by atoms with Gasteiger partial charge in [0.1, 0.15) is 5.75 Å². The molecule has 0 heterocycles. The van der Waals surface area contributed by atoms with Gasteiger partial charge in [0.25, 0.3) is 0 Å². The van der Waals surface area contributed by atoms with Crippen molar-refractivity contribution in [3.63, 3.8) is 0 Å². The first-order chi connectivity index (χ1) is 7.10. The van der Waals surface area contributed by atoms with Gasteiger partial charge in [0, 0.05) is 12.1 Å². The Hall–Kier alpha value is -0.580. The second-order valence-corrected chi connectivity index (χ2v) is 4.20. The summed E-state index contributed by atoms with van der Waals surface area (Å²) >= 11 is 3.42. The second-order valence-electron chi connectivity index (χ2n) is 3.35. The SMILES string of the molecule is CCOc1c(Br)cc(C)cc1C(O)CN. The zero-order chi connectivity index (χ0) is 11.4. The van der Waals surface area contributed by atoms with Crippen molar-refractivity contribution >= 4 is 15.9 Å². The average molecular weight is 274 g/mol. The standard InChI is InChI=1S/C11H16BrNO2/c1-3-15-11-8(10(14)6-13)4-7(2)5-9(11)12/h4-5,10,14H,3,6,13H2,1-2H3. The van der Waals surface area contributed by atoms with Gasteiger partial charge in [-0.1, -0.05) is 0 Å². The molecule has 15 heavy (non-hydrogen) atoms. The summed E-state index contributed by atoms with van der Waals surface area (Å²) in [6, 6.07) is 3.85. The molecule has 0 radical (unpaired) electrons. The molecular formula is C11H16BrNO2. The molecular weight excluding hydrogens is 258 g/mol. The Kier molecular flexibility index (Phi) is 4.57. The van der Waals surface area contributed by atoms with E-state index in [0.29, 0.717) is 12.4 Å². The predicted octanol–water partition coefficient (Wildman–Crippen LogP) is 2.15. The van der Waals surface area contributed by atoms with Crippen molar-refractivity contribution in [1.82, 2.24) is 0 Å². The molecule has 0 spiro atoms. The van der Waals surface area contributed by atoms with Gasteiger partial charge in [-0.25, -0.2) is 0 Å². The van der Waals surface area contributed by atoms with Crippen molar-refractivity contribution in [3.8, 4) is 5.75 Å². The van der Waals surface area contributed by atoms with Crippen LogP contribution < -0.4 is 10.5 Å². The highest BCUT2D eigenvalue weighted by Crippen LogP contribution is 2.34. The Balaban J connectivity index is 3.20. The van der Waals surface area contributed by atoms with E-state index >= 15 is 0 Å². The van der Waals surface area contributed by atoms with Crippen LogP contribution in [0.15, 0.2) is 16.6 Å². The molecule has 0 saturated carbocycles. The van der Waals surface area contributed by atoms with Gasteiger partial charge in [0.05, 0.1) is 17.2 Å². The van der Waals surface area contributed by atoms with Crippen molar-refractivity contribution in [2.75, 3.05) is 13.2 Å². The fourth-order valence-corrected chi connectivity index (χ4v) is 2.13. The maximum Gasteiger partial charge on any atom is 0.139 e. The number of nitrogens with two attached hydrogens (primary N) is 1. The summed E-state index contributed by atoms with van der Waals surface area (Å²) in [6.07, 6.45) is -0.678. The fourth-order valence-electron chi connectivity index (χ4n) is 1.43. The maximum absolute atomic E-state index is 9.76. The van der Waals surface area contributed by atoms with Gasteiger partial charge >= 0.3 is 0 Å². The number of benzene rings is 1. The topological polar surface area (TPSA) is 55.5 Å². The number of hydrogen-bond acceptors (Lipinski definition) is 3. The molecule has 1 aromatic carbocycles. The van der Waals surface area contributed by atoms with Crippen LogP contribution in [-0.4, -0.2) is 18.3 Å². The molecule has 0 aliphatic heterocycles. The summed E-state index contributed by atoms with van der Waals surface area (Å²) in [5.41, 5.74) is 7.25. The predicted molar refractivity (Wildman–Crippen MR) is 64.1 cm³/mol. The molecule has 0 saturated heterocycles. The lowest BCUT2D eigenvalue weighted by atomic mass is 10.1. The molecule has 3 nitrogen and oxygen atoms in total. The molecule has 0 amide bonds. The Morgan fingerprint density at radius 1 is 1.53 bits per heavy atom. The van der Waals surface area contributed by atoms with Crippen LogP contribution in [-0.2, 0) is 0 Å². The van der Waals surface area contributed by atoms with Crippen LogP contribution >= 0.6 is 15.9 Å². The molecule has 0 bridgehead atoms. The molecule has 1 aromatic rings. The van der Waals surface area contributed by atoms with Crippen molar-refractivity contribution in [2.24, 2.45) is 5.73 Å². The van der Waals surface area contributed by atoms with Crippen molar-refractivity contribution < 1.29 is 9.84 Å². The lowest BCUT2D eigenvalue weighted by Gasteiger charge is -2.16. The van der Waals surface area contributed by atoms with Gasteiger partial charge in [0.15, 0.2) is 0 Å². The van der Waals surface area contributed by atoms with E-state index < -0.39 is 6.10 Å². The molecule has 0 aromatic heterocycles. The van der Waals surface area contributed by atoms with Crippen LogP contribution in [0.4, 0.5) is 0 Å². The number of aliphatic hydroxyl groups excluding tert-OH is 1. The Labute approximate surface area is 98.4 Å². The molecule has 0 aliphatic carbocycles. The van der Waals surface area contributed by atoms with E-state index in [-0.39, 0.29) is 6.54 Å². The summed E-state index contributed by atoms with van der Waals surface area (Å²) in [6.45, 7) is 4.63. The molecule has 1 unspecified atom stereocenters. The van der Waals surface area contributed by atoms with Gasteiger partial charge in [-0.05, 0) is 47.5 Å². The Bertz CT molecular complexity index is 342. The largest absolute Gasteiger partial charge is 0.492 e. The van der Waals surface area contributed by atoms with E-state index in [0.717, 1.165) is 15.6 Å². The highest BCUT2D eigenvalue weighted by molar-refractivity contribution is 9.10. The molecule has 0 aliphatic rings.